The fourth-order valence-corrected chi connectivity index (χ4v) is 10.7. The Morgan fingerprint density at radius 2 is 1.39 bits per heavy atom. The number of carbonyl (C=O) groups excluding carboxylic acids is 6. The third kappa shape index (κ3) is 15.6. The van der Waals surface area contributed by atoms with Crippen molar-refractivity contribution in [3.05, 3.63) is 64.2 Å². The van der Waals surface area contributed by atoms with Crippen LogP contribution in [0, 0.1) is 33.8 Å². The van der Waals surface area contributed by atoms with E-state index in [-0.39, 0.29) is 65.5 Å². The molecule has 1 aliphatic heterocycles. The number of likely N-dealkylation sites (N-methyl/N-ethyl adjacent to an activating group) is 2. The third-order valence-corrected chi connectivity index (χ3v) is 15.4. The van der Waals surface area contributed by atoms with Crippen molar-refractivity contribution < 1.29 is 61.1 Å². The molecule has 21 nitrogen and oxygen atoms in total. The molecule has 0 spiro atoms. The van der Waals surface area contributed by atoms with Crippen LogP contribution in [0.25, 0.3) is 0 Å². The van der Waals surface area contributed by atoms with Crippen LogP contribution in [0.3, 0.4) is 0 Å². The van der Waals surface area contributed by atoms with E-state index < -0.39 is 86.5 Å². The summed E-state index contributed by atoms with van der Waals surface area (Å²) in [7, 11) is 4.23. The van der Waals surface area contributed by atoms with Gasteiger partial charge >= 0.3 is 6.16 Å². The molecule has 2 aliphatic rings. The fraction of sp³-hybridized carbons (Fsp3) is 0.640. The van der Waals surface area contributed by atoms with Gasteiger partial charge in [-0.15, -0.1) is 0 Å². The molecule has 4 rings (SSSR count). The number of hydrogen-bond donors (Lipinski definition) is 3. The highest BCUT2D eigenvalue weighted by molar-refractivity contribution is 7.90. The van der Waals surface area contributed by atoms with E-state index in [0.717, 1.165) is 12.1 Å². The predicted molar refractivity (Wildman–Crippen MR) is 267 cm³/mol. The second-order valence-corrected chi connectivity index (χ2v) is 21.8. The standard InChI is InChI=1S/C50H75N7O14S/c1-13-31(6)44(55(10)49(62)42(29(2)3)52-48(61)43(30(4)5)54(8)9)40(68-11)28-41(58)56-26-14-15-39(56)45(69-12)32(7)46(59)51-38(47(60)53-72(66,67)37-24-25-37)27-33-16-20-35(21-17-33)70-50(63)71-36-22-18-34(19-23-36)57(64)65/h16-23,29-32,37-40,42-45H,13-15,24-28H2,1-12H3,(H,51,59)(H,52,61)(H,53,60)/t31-,32+,38-,39?,40+,42-,43-,44-,45+/m0/s1. The minimum absolute atomic E-state index is 0.00807. The highest BCUT2D eigenvalue weighted by Crippen LogP contribution is 2.31. The predicted octanol–water partition coefficient (Wildman–Crippen LogP) is 4.46. The lowest BCUT2D eigenvalue weighted by molar-refractivity contribution is -0.384. The van der Waals surface area contributed by atoms with Crippen molar-refractivity contribution in [3.8, 4) is 11.5 Å². The van der Waals surface area contributed by atoms with Gasteiger partial charge in [-0.25, -0.2) is 13.2 Å². The van der Waals surface area contributed by atoms with Crippen LogP contribution in [-0.2, 0) is 49.9 Å². The Balaban J connectivity index is 1.49. The molecule has 1 saturated carbocycles. The highest BCUT2D eigenvalue weighted by Gasteiger charge is 2.44. The maximum Gasteiger partial charge on any atom is 0.519 e. The lowest BCUT2D eigenvalue weighted by atomic mass is 9.89. The van der Waals surface area contributed by atoms with Gasteiger partial charge < -0.3 is 39.4 Å². The molecule has 400 valence electrons. The number of ether oxygens (including phenoxy) is 4. The van der Waals surface area contributed by atoms with Gasteiger partial charge in [0.05, 0.1) is 52.8 Å². The second-order valence-electron chi connectivity index (χ2n) is 19.8. The van der Waals surface area contributed by atoms with Crippen LogP contribution < -0.4 is 24.8 Å². The Bertz CT molecular complexity index is 2300. The summed E-state index contributed by atoms with van der Waals surface area (Å²) in [6.45, 7) is 13.6. The third-order valence-electron chi connectivity index (χ3n) is 13.6. The van der Waals surface area contributed by atoms with Gasteiger partial charge in [0, 0.05) is 46.4 Å². The van der Waals surface area contributed by atoms with Gasteiger partial charge in [-0.2, -0.15) is 0 Å². The molecule has 2 fully saturated rings. The molecule has 2 aromatic carbocycles. The zero-order valence-electron chi connectivity index (χ0n) is 43.6. The number of non-ortho nitro benzene ring substituents is 1. The second kappa shape index (κ2) is 26.3. The number of nitrogens with one attached hydrogen (secondary N) is 3. The number of carbonyl (C=O) groups is 6. The first-order chi connectivity index (χ1) is 33.8. The number of nitro groups is 1. The number of rotatable bonds is 26. The molecule has 22 heteroatoms. The van der Waals surface area contributed by atoms with Crippen LogP contribution in [0.1, 0.15) is 92.6 Å². The molecule has 0 radical (unpaired) electrons. The molecule has 3 N–H and O–H groups in total. The number of nitrogens with zero attached hydrogens (tertiary/aromatic N) is 4. The Morgan fingerprint density at radius 1 is 0.806 bits per heavy atom. The van der Waals surface area contributed by atoms with Gasteiger partial charge in [-0.1, -0.05) is 67.0 Å². The number of sulfonamides is 1. The van der Waals surface area contributed by atoms with Crippen LogP contribution in [0.4, 0.5) is 10.5 Å². The van der Waals surface area contributed by atoms with E-state index in [1.807, 2.05) is 60.5 Å². The molecule has 1 heterocycles. The van der Waals surface area contributed by atoms with Crippen LogP contribution in [0.5, 0.6) is 11.5 Å². The van der Waals surface area contributed by atoms with Gasteiger partial charge in [0.25, 0.3) is 11.6 Å². The first kappa shape index (κ1) is 58.9. The smallest absolute Gasteiger partial charge is 0.395 e. The quantitative estimate of drug-likeness (QED) is 0.0509. The fourth-order valence-electron chi connectivity index (χ4n) is 9.38. The van der Waals surface area contributed by atoms with E-state index in [1.165, 1.54) is 50.6 Å². The number of likely N-dealkylation sites (tertiary alicyclic amines) is 1. The molecule has 9 atom stereocenters. The number of nitro benzene ring substituents is 1. The lowest BCUT2D eigenvalue weighted by Gasteiger charge is -2.41. The van der Waals surface area contributed by atoms with E-state index >= 15 is 0 Å². The Morgan fingerprint density at radius 3 is 1.88 bits per heavy atom. The topological polar surface area (TPSA) is 262 Å². The molecule has 5 amide bonds. The minimum atomic E-state index is -4.02. The maximum absolute atomic E-state index is 14.5. The van der Waals surface area contributed by atoms with Gasteiger partial charge in [0.2, 0.25) is 33.7 Å². The summed E-state index contributed by atoms with van der Waals surface area (Å²) < 4.78 is 50.3. The SMILES string of the molecule is CC[C@H](C)[C@@H]([C@@H](CC(=O)N1CCCC1[C@H](OC)[C@@H](C)C(=O)N[C@@H](Cc1ccc(OC(=O)Oc2ccc([N+](=O)[O-])cc2)cc1)C(=O)NS(=O)(=O)C1CC1)OC)N(C)C(=O)[C@@H](NC(=O)[C@H](C(C)C)N(C)C)C(C)C. The number of amides is 5. The van der Waals surface area contributed by atoms with Gasteiger partial charge in [0.15, 0.2) is 0 Å². The zero-order valence-corrected chi connectivity index (χ0v) is 44.4. The van der Waals surface area contributed by atoms with Crippen molar-refractivity contribution in [2.45, 2.75) is 141 Å². The van der Waals surface area contributed by atoms with Crippen LogP contribution in [0.2, 0.25) is 0 Å². The molecule has 72 heavy (non-hydrogen) atoms. The van der Waals surface area contributed by atoms with E-state index in [0.29, 0.717) is 44.2 Å². The summed E-state index contributed by atoms with van der Waals surface area (Å²) in [4.78, 5) is 98.1. The summed E-state index contributed by atoms with van der Waals surface area (Å²) in [6, 6.07) is 6.83. The highest BCUT2D eigenvalue weighted by atomic mass is 32.2. The maximum atomic E-state index is 14.5. The molecule has 1 saturated heterocycles. The summed E-state index contributed by atoms with van der Waals surface area (Å²) >= 11 is 0. The van der Waals surface area contributed by atoms with Crippen molar-refractivity contribution in [3.63, 3.8) is 0 Å². The first-order valence-electron chi connectivity index (χ1n) is 24.5. The van der Waals surface area contributed by atoms with Crippen LogP contribution >= 0.6 is 0 Å². The Hall–Kier alpha value is -5.71. The van der Waals surface area contributed by atoms with Gasteiger partial charge in [-0.05, 0) is 87.4 Å². The minimum Gasteiger partial charge on any atom is -0.395 e. The normalized spacial score (nSPS) is 18.3. The van der Waals surface area contributed by atoms with Crippen LogP contribution in [-0.4, -0.2) is 153 Å². The van der Waals surface area contributed by atoms with Crippen molar-refractivity contribution in [1.82, 2.24) is 30.1 Å². The van der Waals surface area contributed by atoms with Crippen molar-refractivity contribution in [2.24, 2.45) is 23.7 Å². The van der Waals surface area contributed by atoms with E-state index in [1.54, 1.807) is 23.8 Å². The summed E-state index contributed by atoms with van der Waals surface area (Å²) in [6.07, 6.45) is -0.467. The van der Waals surface area contributed by atoms with E-state index in [9.17, 15) is 47.3 Å². The molecule has 0 bridgehead atoms. The average molecular weight is 1030 g/mol. The summed E-state index contributed by atoms with van der Waals surface area (Å²) in [5, 5.41) is 15.9. The lowest BCUT2D eigenvalue weighted by Crippen LogP contribution is -2.59. The molecule has 2 aromatic rings. The van der Waals surface area contributed by atoms with Crippen molar-refractivity contribution in [1.29, 1.82) is 0 Å². The summed E-state index contributed by atoms with van der Waals surface area (Å²) in [5.74, 6) is -3.71. The largest absolute Gasteiger partial charge is 0.519 e. The van der Waals surface area contributed by atoms with Crippen LogP contribution in [0.15, 0.2) is 48.5 Å². The van der Waals surface area contributed by atoms with Crippen molar-refractivity contribution >= 4 is 51.4 Å². The average Bonchev–Trinajstić information content (AvgIpc) is 4.08. The monoisotopic (exact) mass is 1030 g/mol. The van der Waals surface area contributed by atoms with E-state index in [2.05, 4.69) is 15.4 Å². The molecular weight excluding hydrogens is 955 g/mol. The molecule has 1 unspecified atom stereocenters. The van der Waals surface area contributed by atoms with Gasteiger partial charge in [0.1, 0.15) is 23.6 Å². The first-order valence-corrected chi connectivity index (χ1v) is 26.1. The number of benzene rings is 2. The Kier molecular flexibility index (Phi) is 21.5. The molecular formula is C50H75N7O14S. The number of hydrogen-bond acceptors (Lipinski definition) is 15. The molecule has 1 aliphatic carbocycles. The Labute approximate surface area is 423 Å². The molecule has 0 aromatic heterocycles. The van der Waals surface area contributed by atoms with Crippen molar-refractivity contribution in [2.75, 3.05) is 41.9 Å². The van der Waals surface area contributed by atoms with E-state index in [4.69, 9.17) is 18.9 Å². The number of methoxy groups -OCH3 is 2. The van der Waals surface area contributed by atoms with Gasteiger partial charge in [-0.3, -0.25) is 43.7 Å². The summed E-state index contributed by atoms with van der Waals surface area (Å²) in [5.41, 5.74) is 0.267. The zero-order chi connectivity index (χ0) is 53.8.